The molecule has 6 heteroatoms. The van der Waals surface area contributed by atoms with E-state index in [1.165, 1.54) is 38.5 Å². The van der Waals surface area contributed by atoms with Gasteiger partial charge in [-0.3, -0.25) is 9.89 Å². The molecular weight excluding hydrogens is 312 g/mol. The Morgan fingerprint density at radius 1 is 1.13 bits per heavy atom. The highest BCUT2D eigenvalue weighted by Crippen LogP contribution is 2.35. The van der Waals surface area contributed by atoms with Gasteiger partial charge in [-0.05, 0) is 31.6 Å². The molecule has 128 valence electrons. The van der Waals surface area contributed by atoms with Crippen LogP contribution in [-0.4, -0.2) is 40.1 Å². The predicted octanol–water partition coefficient (Wildman–Crippen LogP) is 2.66. The molecule has 2 N–H and O–H groups in total. The van der Waals surface area contributed by atoms with E-state index < -0.39 is 0 Å². The van der Waals surface area contributed by atoms with Gasteiger partial charge < -0.3 is 10.2 Å². The van der Waals surface area contributed by atoms with Crippen LogP contribution in [0.25, 0.3) is 0 Å². The maximum atomic E-state index is 13.0. The Hall–Kier alpha value is -1.07. The maximum Gasteiger partial charge on any atom is 0.274 e. The normalized spacial score (nSPS) is 25.0. The molecule has 3 aliphatic rings. The lowest BCUT2D eigenvalue weighted by Gasteiger charge is -2.34. The number of fused-ring (bicyclic) bond motifs is 1. The minimum atomic E-state index is 0. The second-order valence-corrected chi connectivity index (χ2v) is 7.06. The number of likely N-dealkylation sites (tertiary alicyclic amines) is 1. The van der Waals surface area contributed by atoms with Gasteiger partial charge in [0, 0.05) is 43.4 Å². The fraction of sp³-hybridized carbons (Fsp3) is 0.765. The van der Waals surface area contributed by atoms with Crippen molar-refractivity contribution in [1.29, 1.82) is 0 Å². The summed E-state index contributed by atoms with van der Waals surface area (Å²) < 4.78 is 0. The fourth-order valence-electron chi connectivity index (χ4n) is 4.59. The first-order valence-electron chi connectivity index (χ1n) is 8.92. The van der Waals surface area contributed by atoms with Crippen LogP contribution in [0.4, 0.5) is 0 Å². The summed E-state index contributed by atoms with van der Waals surface area (Å²) >= 11 is 0. The number of aromatic amines is 1. The Bertz CT molecular complexity index is 553. The molecule has 0 spiro atoms. The number of amides is 1. The molecule has 3 heterocycles. The Balaban J connectivity index is 0.00000156. The molecule has 2 aliphatic heterocycles. The minimum Gasteiger partial charge on any atom is -0.334 e. The lowest BCUT2D eigenvalue weighted by atomic mass is 9.83. The molecule has 0 radical (unpaired) electrons. The van der Waals surface area contributed by atoms with Crippen molar-refractivity contribution in [3.63, 3.8) is 0 Å². The summed E-state index contributed by atoms with van der Waals surface area (Å²) in [6, 6.07) is 0.455. The van der Waals surface area contributed by atoms with Gasteiger partial charge in [-0.1, -0.05) is 19.3 Å². The summed E-state index contributed by atoms with van der Waals surface area (Å²) in [5.74, 6) is 0.877. The molecule has 1 amide bonds. The van der Waals surface area contributed by atoms with Crippen molar-refractivity contribution in [1.82, 2.24) is 20.4 Å². The van der Waals surface area contributed by atoms with E-state index in [9.17, 15) is 4.79 Å². The van der Waals surface area contributed by atoms with Gasteiger partial charge in [-0.15, -0.1) is 12.4 Å². The fourth-order valence-corrected chi connectivity index (χ4v) is 4.59. The number of rotatable bonds is 2. The molecule has 1 aliphatic carbocycles. The maximum absolute atomic E-state index is 13.0. The van der Waals surface area contributed by atoms with Crippen LogP contribution < -0.4 is 5.32 Å². The Kier molecular flexibility index (Phi) is 5.27. The second-order valence-electron chi connectivity index (χ2n) is 7.06. The van der Waals surface area contributed by atoms with Crippen LogP contribution in [0, 0.1) is 5.92 Å². The average molecular weight is 339 g/mol. The van der Waals surface area contributed by atoms with Crippen LogP contribution in [0.15, 0.2) is 0 Å². The van der Waals surface area contributed by atoms with E-state index in [2.05, 4.69) is 20.4 Å². The van der Waals surface area contributed by atoms with Gasteiger partial charge >= 0.3 is 0 Å². The van der Waals surface area contributed by atoms with E-state index >= 15 is 0 Å². The Morgan fingerprint density at radius 2 is 1.96 bits per heavy atom. The zero-order chi connectivity index (χ0) is 14.9. The van der Waals surface area contributed by atoms with E-state index in [0.29, 0.717) is 17.7 Å². The van der Waals surface area contributed by atoms with Crippen molar-refractivity contribution < 1.29 is 4.79 Å². The summed E-state index contributed by atoms with van der Waals surface area (Å²) in [6.45, 7) is 2.65. The molecule has 1 unspecified atom stereocenters. The summed E-state index contributed by atoms with van der Waals surface area (Å²) in [5, 5.41) is 10.8. The van der Waals surface area contributed by atoms with Gasteiger partial charge in [0.05, 0.1) is 0 Å². The first kappa shape index (κ1) is 16.8. The zero-order valence-electron chi connectivity index (χ0n) is 13.6. The van der Waals surface area contributed by atoms with E-state index in [1.54, 1.807) is 0 Å². The van der Waals surface area contributed by atoms with Gasteiger partial charge in [-0.25, -0.2) is 0 Å². The smallest absolute Gasteiger partial charge is 0.274 e. The third kappa shape index (κ3) is 3.13. The monoisotopic (exact) mass is 338 g/mol. The van der Waals surface area contributed by atoms with Gasteiger partial charge in [-0.2, -0.15) is 5.10 Å². The molecule has 1 aromatic heterocycles. The van der Waals surface area contributed by atoms with Gasteiger partial charge in [0.15, 0.2) is 5.69 Å². The van der Waals surface area contributed by atoms with Crippen molar-refractivity contribution in [3.05, 3.63) is 17.0 Å². The van der Waals surface area contributed by atoms with Crippen LogP contribution in [0.3, 0.4) is 0 Å². The molecule has 1 saturated heterocycles. The zero-order valence-corrected chi connectivity index (χ0v) is 14.5. The van der Waals surface area contributed by atoms with Gasteiger partial charge in [0.2, 0.25) is 0 Å². The largest absolute Gasteiger partial charge is 0.334 e. The number of nitrogens with one attached hydrogen (secondary N) is 2. The molecule has 1 saturated carbocycles. The van der Waals surface area contributed by atoms with Crippen molar-refractivity contribution in [2.75, 3.05) is 13.1 Å². The lowest BCUT2D eigenvalue weighted by Crippen LogP contribution is -2.41. The standard InChI is InChI=1S/C17H26N4O.ClH/c22-17(16-13-11-18-9-8-14(13)19-20-16)21-10-4-7-15(21)12-5-2-1-3-6-12;/h12,15,18H,1-11H2,(H,19,20);1H. The number of carbonyl (C=O) groups is 1. The minimum absolute atomic E-state index is 0. The van der Waals surface area contributed by atoms with E-state index in [-0.39, 0.29) is 18.3 Å². The number of H-pyrrole nitrogens is 1. The van der Waals surface area contributed by atoms with Crippen molar-refractivity contribution >= 4 is 18.3 Å². The highest BCUT2D eigenvalue weighted by molar-refractivity contribution is 5.94. The number of hydrogen-bond acceptors (Lipinski definition) is 3. The molecule has 1 atom stereocenters. The average Bonchev–Trinajstić information content (AvgIpc) is 3.22. The highest BCUT2D eigenvalue weighted by atomic mass is 35.5. The van der Waals surface area contributed by atoms with E-state index in [1.807, 2.05) is 0 Å². The third-order valence-electron chi connectivity index (χ3n) is 5.76. The summed E-state index contributed by atoms with van der Waals surface area (Å²) in [5.41, 5.74) is 2.92. The number of hydrogen-bond donors (Lipinski definition) is 2. The number of aromatic nitrogens is 2. The number of nitrogens with zero attached hydrogens (tertiary/aromatic N) is 2. The molecule has 5 nitrogen and oxygen atoms in total. The molecule has 4 rings (SSSR count). The van der Waals surface area contributed by atoms with Crippen LogP contribution >= 0.6 is 12.4 Å². The van der Waals surface area contributed by atoms with Crippen LogP contribution in [0.5, 0.6) is 0 Å². The summed E-state index contributed by atoms with van der Waals surface area (Å²) in [7, 11) is 0. The lowest BCUT2D eigenvalue weighted by molar-refractivity contribution is 0.0654. The van der Waals surface area contributed by atoms with E-state index in [4.69, 9.17) is 0 Å². The SMILES string of the molecule is Cl.O=C(c1n[nH]c2c1CNCC2)N1CCCC1C1CCCCC1. The van der Waals surface area contributed by atoms with Gasteiger partial charge in [0.25, 0.3) is 5.91 Å². The molecule has 2 fully saturated rings. The molecule has 1 aromatic rings. The van der Waals surface area contributed by atoms with Crippen LogP contribution in [-0.2, 0) is 13.0 Å². The predicted molar refractivity (Wildman–Crippen MR) is 91.9 cm³/mol. The first-order valence-corrected chi connectivity index (χ1v) is 8.92. The Labute approximate surface area is 144 Å². The summed E-state index contributed by atoms with van der Waals surface area (Å²) in [6.07, 6.45) is 9.93. The quantitative estimate of drug-likeness (QED) is 0.871. The third-order valence-corrected chi connectivity index (χ3v) is 5.76. The van der Waals surface area contributed by atoms with Crippen molar-refractivity contribution in [2.24, 2.45) is 5.92 Å². The van der Waals surface area contributed by atoms with Crippen LogP contribution in [0.2, 0.25) is 0 Å². The van der Waals surface area contributed by atoms with E-state index in [0.717, 1.165) is 43.7 Å². The topological polar surface area (TPSA) is 61.0 Å². The molecular formula is C17H27ClN4O. The first-order chi connectivity index (χ1) is 10.8. The number of halogens is 1. The van der Waals surface area contributed by atoms with Crippen LogP contribution in [0.1, 0.15) is 66.7 Å². The highest BCUT2D eigenvalue weighted by Gasteiger charge is 2.37. The number of carbonyl (C=O) groups excluding carboxylic acids is 1. The van der Waals surface area contributed by atoms with Crippen molar-refractivity contribution in [2.45, 2.75) is 64.0 Å². The molecule has 0 bridgehead atoms. The molecule has 0 aromatic carbocycles. The Morgan fingerprint density at radius 3 is 2.78 bits per heavy atom. The van der Waals surface area contributed by atoms with Crippen molar-refractivity contribution in [3.8, 4) is 0 Å². The molecule has 23 heavy (non-hydrogen) atoms. The second kappa shape index (κ2) is 7.22. The summed E-state index contributed by atoms with van der Waals surface area (Å²) in [4.78, 5) is 15.2. The van der Waals surface area contributed by atoms with Gasteiger partial charge in [0.1, 0.15) is 0 Å².